The summed E-state index contributed by atoms with van der Waals surface area (Å²) in [7, 11) is 0. The lowest BCUT2D eigenvalue weighted by Gasteiger charge is -2.18. The highest BCUT2D eigenvalue weighted by Crippen LogP contribution is 2.47. The Balaban J connectivity index is 1.66. The zero-order valence-corrected chi connectivity index (χ0v) is 16.3. The van der Waals surface area contributed by atoms with Crippen molar-refractivity contribution in [1.82, 2.24) is 15.2 Å². The molecule has 6 rings (SSSR count). The van der Waals surface area contributed by atoms with E-state index >= 15 is 0 Å². The van der Waals surface area contributed by atoms with Crippen LogP contribution in [-0.2, 0) is 6.42 Å². The van der Waals surface area contributed by atoms with Crippen LogP contribution in [0.25, 0.3) is 21.8 Å². The number of fused-ring (bicyclic) bond motifs is 7. The monoisotopic (exact) mass is 388 g/mol. The van der Waals surface area contributed by atoms with Gasteiger partial charge in [-0.25, -0.2) is 9.98 Å². The Bertz CT molecular complexity index is 1290. The highest BCUT2D eigenvalue weighted by molar-refractivity contribution is 8.22. The van der Waals surface area contributed by atoms with E-state index in [1.807, 2.05) is 29.7 Å². The summed E-state index contributed by atoms with van der Waals surface area (Å²) >= 11 is 3.66. The summed E-state index contributed by atoms with van der Waals surface area (Å²) in [5, 5.41) is 8.69. The Morgan fingerprint density at radius 2 is 2.07 bits per heavy atom. The summed E-state index contributed by atoms with van der Waals surface area (Å²) in [4.78, 5) is 11.4. The van der Waals surface area contributed by atoms with Crippen LogP contribution in [0.4, 0.5) is 5.69 Å². The van der Waals surface area contributed by atoms with Gasteiger partial charge in [0.2, 0.25) is 0 Å². The number of aromatic nitrogens is 3. The first-order valence-corrected chi connectivity index (χ1v) is 11.0. The predicted molar refractivity (Wildman–Crippen MR) is 115 cm³/mol. The molecule has 0 atom stereocenters. The van der Waals surface area contributed by atoms with Crippen molar-refractivity contribution < 1.29 is 0 Å². The minimum Gasteiger partial charge on any atom is -0.307 e. The Hall–Kier alpha value is -2.44. The Morgan fingerprint density at radius 3 is 3.00 bits per heavy atom. The maximum Gasteiger partial charge on any atom is 0.0945 e. The van der Waals surface area contributed by atoms with Crippen LogP contribution >= 0.6 is 23.5 Å². The van der Waals surface area contributed by atoms with Crippen LogP contribution in [0.15, 0.2) is 62.3 Å². The molecule has 4 aromatic rings. The zero-order chi connectivity index (χ0) is 18.0. The predicted octanol–water partition coefficient (Wildman–Crippen LogP) is 5.79. The van der Waals surface area contributed by atoms with Crippen molar-refractivity contribution >= 4 is 56.7 Å². The van der Waals surface area contributed by atoms with Gasteiger partial charge in [0.1, 0.15) is 0 Å². The van der Waals surface area contributed by atoms with Crippen LogP contribution in [0.2, 0.25) is 0 Å². The summed E-state index contributed by atoms with van der Waals surface area (Å²) in [6, 6.07) is 12.8. The van der Waals surface area contributed by atoms with Crippen molar-refractivity contribution in [3.63, 3.8) is 0 Å². The van der Waals surface area contributed by atoms with E-state index in [2.05, 4.69) is 52.9 Å². The van der Waals surface area contributed by atoms with Gasteiger partial charge < -0.3 is 10.2 Å². The lowest BCUT2D eigenvalue weighted by Crippen LogP contribution is -2.15. The van der Waals surface area contributed by atoms with Gasteiger partial charge in [0, 0.05) is 27.4 Å². The van der Waals surface area contributed by atoms with Crippen LogP contribution in [0.3, 0.4) is 0 Å². The van der Waals surface area contributed by atoms with E-state index in [9.17, 15) is 0 Å². The average molecular weight is 389 g/mol. The summed E-state index contributed by atoms with van der Waals surface area (Å²) in [5.41, 5.74) is 7.97. The van der Waals surface area contributed by atoms with Crippen molar-refractivity contribution in [2.24, 2.45) is 4.99 Å². The molecule has 3 heterocycles. The second-order valence-electron chi connectivity index (χ2n) is 6.81. The number of allylic oxidation sites excluding steroid dienone is 1. The highest BCUT2D eigenvalue weighted by atomic mass is 32.2. The van der Waals surface area contributed by atoms with E-state index in [0.29, 0.717) is 0 Å². The lowest BCUT2D eigenvalue weighted by atomic mass is 9.90. The molecule has 0 saturated heterocycles. The minimum absolute atomic E-state index is 1.01. The number of hydrogen-bond donors (Lipinski definition) is 2. The molecule has 0 spiro atoms. The highest BCUT2D eigenvalue weighted by Gasteiger charge is 2.30. The smallest absolute Gasteiger partial charge is 0.0945 e. The fraction of sp³-hybridized carbons (Fsp3) is 0.143. The van der Waals surface area contributed by atoms with Gasteiger partial charge in [-0.2, -0.15) is 0 Å². The number of thioether (sulfide) groups is 2. The largest absolute Gasteiger partial charge is 0.307 e. The molecule has 4 nitrogen and oxygen atoms in total. The Kier molecular flexibility index (Phi) is 3.34. The molecule has 0 radical (unpaired) electrons. The quantitative estimate of drug-likeness (QED) is 0.434. The molecule has 2 aromatic carbocycles. The van der Waals surface area contributed by atoms with Crippen molar-refractivity contribution in [1.29, 1.82) is 0 Å². The Morgan fingerprint density at radius 1 is 1.15 bits per heavy atom. The van der Waals surface area contributed by atoms with Crippen LogP contribution in [0, 0.1) is 0 Å². The molecule has 0 amide bonds. The van der Waals surface area contributed by atoms with Gasteiger partial charge in [-0.05, 0) is 48.9 Å². The van der Waals surface area contributed by atoms with Crippen molar-refractivity contribution in [2.75, 3.05) is 6.26 Å². The fourth-order valence-corrected chi connectivity index (χ4v) is 5.97. The number of nitrogens with one attached hydrogen (secondary N) is 2. The number of nitrogens with zero attached hydrogens (tertiary/aromatic N) is 2. The maximum atomic E-state index is 5.10. The molecule has 2 aliphatic rings. The van der Waals surface area contributed by atoms with Gasteiger partial charge >= 0.3 is 0 Å². The molecular weight excluding hydrogens is 372 g/mol. The van der Waals surface area contributed by atoms with Gasteiger partial charge in [-0.15, -0.1) is 11.8 Å². The van der Waals surface area contributed by atoms with Crippen LogP contribution < -0.4 is 0 Å². The van der Waals surface area contributed by atoms with Crippen LogP contribution in [0.5, 0.6) is 0 Å². The van der Waals surface area contributed by atoms with E-state index in [0.717, 1.165) is 41.0 Å². The van der Waals surface area contributed by atoms with Gasteiger partial charge in [-0.3, -0.25) is 0 Å². The second kappa shape index (κ2) is 5.78. The van der Waals surface area contributed by atoms with E-state index in [1.54, 1.807) is 0 Å². The summed E-state index contributed by atoms with van der Waals surface area (Å²) in [5.74, 6) is 0. The molecule has 0 bridgehead atoms. The molecule has 6 heteroatoms. The zero-order valence-electron chi connectivity index (χ0n) is 14.7. The number of para-hydroxylation sites is 1. The number of rotatable bonds is 1. The second-order valence-corrected chi connectivity index (χ2v) is 8.94. The first-order chi connectivity index (χ1) is 13.3. The lowest BCUT2D eigenvalue weighted by molar-refractivity contribution is 0.956. The van der Waals surface area contributed by atoms with Crippen LogP contribution in [0.1, 0.15) is 17.7 Å². The van der Waals surface area contributed by atoms with E-state index in [4.69, 9.17) is 9.98 Å². The number of aliphatic imine (C=N–C) groups is 1. The van der Waals surface area contributed by atoms with Crippen molar-refractivity contribution in [2.45, 2.75) is 17.7 Å². The standard InChI is InChI=1S/C21H16N4S2/c1-26-21-13-7-6-12-14-8-11-10-22-25-16(11)9-17(14)24-19(12)20(13)23-15-4-2-3-5-18(15)27-21/h2-5,8-10,22,25H,6-7H2,1H3. The molecule has 2 aromatic heterocycles. The Labute approximate surface area is 164 Å². The number of hydrogen-bond acceptors (Lipinski definition) is 4. The molecule has 0 fully saturated rings. The van der Waals surface area contributed by atoms with Crippen molar-refractivity contribution in [3.05, 3.63) is 63.7 Å². The van der Waals surface area contributed by atoms with Gasteiger partial charge in [0.25, 0.3) is 0 Å². The summed E-state index contributed by atoms with van der Waals surface area (Å²) < 4.78 is 1.35. The molecular formula is C21H16N4S2. The normalized spacial score (nSPS) is 16.1. The van der Waals surface area contributed by atoms with E-state index in [-0.39, 0.29) is 0 Å². The fourth-order valence-electron chi connectivity index (χ4n) is 4.04. The number of H-pyrrole nitrogens is 2. The number of aryl methyl sites for hydroxylation is 1. The molecule has 0 saturated carbocycles. The maximum absolute atomic E-state index is 5.10. The van der Waals surface area contributed by atoms with Gasteiger partial charge in [0.15, 0.2) is 0 Å². The van der Waals surface area contributed by atoms with E-state index < -0.39 is 0 Å². The molecule has 2 N–H and O–H groups in total. The topological polar surface area (TPSA) is 56.8 Å². The number of aromatic amines is 2. The summed E-state index contributed by atoms with van der Waals surface area (Å²) in [6.45, 7) is 0. The molecule has 27 heavy (non-hydrogen) atoms. The molecule has 0 unspecified atom stereocenters. The summed E-state index contributed by atoms with van der Waals surface area (Å²) in [6.07, 6.45) is 6.19. The third-order valence-electron chi connectivity index (χ3n) is 5.31. The number of benzene rings is 2. The van der Waals surface area contributed by atoms with E-state index in [1.165, 1.54) is 31.0 Å². The first-order valence-electron chi connectivity index (χ1n) is 8.93. The van der Waals surface area contributed by atoms with Gasteiger partial charge in [-0.1, -0.05) is 23.9 Å². The van der Waals surface area contributed by atoms with Crippen molar-refractivity contribution in [3.8, 4) is 0 Å². The molecule has 132 valence electrons. The molecule has 1 aliphatic heterocycles. The third-order valence-corrected chi connectivity index (χ3v) is 7.68. The van der Waals surface area contributed by atoms with Gasteiger partial charge in [0.05, 0.1) is 32.4 Å². The molecule has 1 aliphatic carbocycles. The third kappa shape index (κ3) is 2.26. The van der Waals surface area contributed by atoms with Crippen LogP contribution in [-0.4, -0.2) is 27.1 Å². The average Bonchev–Trinajstić information content (AvgIpc) is 3.25. The minimum atomic E-state index is 1.01. The SMILES string of the molecule is CSC1=C2CCc3c(nc4cc5[nH][nH]cc5cc34)C2=Nc2ccccc2S1. The first kappa shape index (κ1) is 15.6.